The van der Waals surface area contributed by atoms with E-state index >= 15 is 0 Å². The second kappa shape index (κ2) is 6.60. The Bertz CT molecular complexity index is 499. The first-order valence-electron chi connectivity index (χ1n) is 8.80. The Morgan fingerprint density at radius 1 is 1.18 bits per heavy atom. The molecule has 1 aromatic rings. The van der Waals surface area contributed by atoms with E-state index in [0.29, 0.717) is 18.2 Å². The van der Waals surface area contributed by atoms with Gasteiger partial charge >= 0.3 is 0 Å². The molecule has 4 heteroatoms. The van der Waals surface area contributed by atoms with E-state index < -0.39 is 0 Å². The van der Waals surface area contributed by atoms with Gasteiger partial charge in [0, 0.05) is 35.5 Å². The highest BCUT2D eigenvalue weighted by Gasteiger charge is 2.39. The summed E-state index contributed by atoms with van der Waals surface area (Å²) in [6, 6.07) is 5.14. The zero-order chi connectivity index (χ0) is 14.9. The molecule has 122 valence electrons. The van der Waals surface area contributed by atoms with Crippen molar-refractivity contribution < 1.29 is 9.47 Å². The minimum Gasteiger partial charge on any atom is -0.378 e. The fraction of sp³-hybridized carbons (Fsp3) is 0.778. The predicted molar refractivity (Wildman–Crippen MR) is 89.3 cm³/mol. The standard InChI is InChI=1S/C18H27NO2S/c1-13-2-6-16(22-13)10-19-9-8-18-17(19)7-5-15(21-18)12-20-11-14-3-4-14/h2,6,14-15,17-18H,3-5,7-12H2,1H3/t15-,17-,18-/m1/s1. The van der Waals surface area contributed by atoms with Gasteiger partial charge in [-0.25, -0.2) is 0 Å². The van der Waals surface area contributed by atoms with E-state index in [0.717, 1.165) is 32.1 Å². The zero-order valence-electron chi connectivity index (χ0n) is 13.5. The topological polar surface area (TPSA) is 21.7 Å². The van der Waals surface area contributed by atoms with E-state index in [1.54, 1.807) is 0 Å². The van der Waals surface area contributed by atoms with Gasteiger partial charge in [0.1, 0.15) is 0 Å². The summed E-state index contributed by atoms with van der Waals surface area (Å²) in [5.74, 6) is 0.854. The van der Waals surface area contributed by atoms with Gasteiger partial charge in [-0.3, -0.25) is 4.90 Å². The first kappa shape index (κ1) is 15.1. The van der Waals surface area contributed by atoms with Gasteiger partial charge in [-0.2, -0.15) is 0 Å². The number of thiophene rings is 1. The van der Waals surface area contributed by atoms with Crippen LogP contribution >= 0.6 is 11.3 Å². The summed E-state index contributed by atoms with van der Waals surface area (Å²) < 4.78 is 12.2. The van der Waals surface area contributed by atoms with Gasteiger partial charge in [0.2, 0.25) is 0 Å². The van der Waals surface area contributed by atoms with Crippen LogP contribution in [0, 0.1) is 12.8 Å². The van der Waals surface area contributed by atoms with Crippen LogP contribution in [0.5, 0.6) is 0 Å². The fourth-order valence-electron chi connectivity index (χ4n) is 3.83. The number of aryl methyl sites for hydroxylation is 1. The lowest BCUT2D eigenvalue weighted by molar-refractivity contribution is -0.101. The van der Waals surface area contributed by atoms with Crippen LogP contribution in [0.15, 0.2) is 12.1 Å². The highest BCUT2D eigenvalue weighted by atomic mass is 32.1. The van der Waals surface area contributed by atoms with Crippen molar-refractivity contribution in [1.29, 1.82) is 0 Å². The molecule has 2 saturated heterocycles. The van der Waals surface area contributed by atoms with Gasteiger partial charge < -0.3 is 9.47 Å². The number of likely N-dealkylation sites (tertiary alicyclic amines) is 1. The van der Waals surface area contributed by atoms with E-state index in [1.165, 1.54) is 42.0 Å². The van der Waals surface area contributed by atoms with Crippen molar-refractivity contribution in [3.05, 3.63) is 21.9 Å². The van der Waals surface area contributed by atoms with Crippen LogP contribution in [0.2, 0.25) is 0 Å². The molecule has 4 rings (SSSR count). The van der Waals surface area contributed by atoms with Crippen molar-refractivity contribution in [2.24, 2.45) is 5.92 Å². The van der Waals surface area contributed by atoms with E-state index in [2.05, 4.69) is 24.0 Å². The second-order valence-corrected chi connectivity index (χ2v) is 8.57. The number of hydrogen-bond donors (Lipinski definition) is 0. The van der Waals surface area contributed by atoms with Crippen molar-refractivity contribution >= 4 is 11.3 Å². The normalized spacial score (nSPS) is 32.3. The lowest BCUT2D eigenvalue weighted by atomic mass is 9.99. The molecule has 0 aromatic carbocycles. The summed E-state index contributed by atoms with van der Waals surface area (Å²) in [4.78, 5) is 5.54. The number of fused-ring (bicyclic) bond motifs is 1. The minimum atomic E-state index is 0.337. The molecule has 0 radical (unpaired) electrons. The summed E-state index contributed by atoms with van der Waals surface area (Å²) in [6.07, 6.45) is 7.13. The van der Waals surface area contributed by atoms with Crippen LogP contribution in [-0.4, -0.2) is 42.9 Å². The lowest BCUT2D eigenvalue weighted by Gasteiger charge is -2.35. The van der Waals surface area contributed by atoms with Gasteiger partial charge in [-0.1, -0.05) is 0 Å². The molecule has 3 nitrogen and oxygen atoms in total. The quantitative estimate of drug-likeness (QED) is 0.799. The molecule has 0 unspecified atom stereocenters. The Balaban J connectivity index is 1.26. The molecule has 1 saturated carbocycles. The van der Waals surface area contributed by atoms with Crippen molar-refractivity contribution in [2.45, 2.75) is 63.8 Å². The van der Waals surface area contributed by atoms with Crippen LogP contribution < -0.4 is 0 Å². The molecular formula is C18H27NO2S. The van der Waals surface area contributed by atoms with Crippen molar-refractivity contribution in [1.82, 2.24) is 4.90 Å². The van der Waals surface area contributed by atoms with Gasteiger partial charge in [0.15, 0.2) is 0 Å². The molecule has 0 bridgehead atoms. The highest BCUT2D eigenvalue weighted by molar-refractivity contribution is 7.11. The van der Waals surface area contributed by atoms with Gasteiger partial charge in [0.05, 0.1) is 18.8 Å². The summed E-state index contributed by atoms with van der Waals surface area (Å²) in [6.45, 7) is 6.24. The Hall–Kier alpha value is -0.420. The highest BCUT2D eigenvalue weighted by Crippen LogP contribution is 2.34. The summed E-state index contributed by atoms with van der Waals surface area (Å²) in [7, 11) is 0. The SMILES string of the molecule is Cc1ccc(CN2CC[C@H]3O[C@@H](COCC4CC4)CC[C@H]32)s1. The van der Waals surface area contributed by atoms with E-state index in [-0.39, 0.29) is 0 Å². The Kier molecular flexibility index (Phi) is 4.54. The molecule has 1 aliphatic carbocycles. The van der Waals surface area contributed by atoms with Crippen molar-refractivity contribution in [2.75, 3.05) is 19.8 Å². The lowest BCUT2D eigenvalue weighted by Crippen LogP contribution is -2.43. The summed E-state index contributed by atoms with van der Waals surface area (Å²) in [5.41, 5.74) is 0. The largest absolute Gasteiger partial charge is 0.378 e. The van der Waals surface area contributed by atoms with Gasteiger partial charge in [0.25, 0.3) is 0 Å². The van der Waals surface area contributed by atoms with Crippen LogP contribution in [0.25, 0.3) is 0 Å². The molecule has 3 fully saturated rings. The maximum Gasteiger partial charge on any atom is 0.0813 e. The Labute approximate surface area is 137 Å². The van der Waals surface area contributed by atoms with Gasteiger partial charge in [-0.05, 0) is 57.1 Å². The number of ether oxygens (including phenoxy) is 2. The molecule has 22 heavy (non-hydrogen) atoms. The molecule has 1 aromatic heterocycles. The zero-order valence-corrected chi connectivity index (χ0v) is 14.3. The van der Waals surface area contributed by atoms with E-state index in [4.69, 9.17) is 9.47 Å². The van der Waals surface area contributed by atoms with Crippen molar-refractivity contribution in [3.8, 4) is 0 Å². The van der Waals surface area contributed by atoms with E-state index in [9.17, 15) is 0 Å². The Morgan fingerprint density at radius 2 is 2.09 bits per heavy atom. The van der Waals surface area contributed by atoms with Crippen LogP contribution in [0.3, 0.4) is 0 Å². The number of rotatable bonds is 6. The maximum absolute atomic E-state index is 6.32. The monoisotopic (exact) mass is 321 g/mol. The van der Waals surface area contributed by atoms with Crippen LogP contribution in [0.4, 0.5) is 0 Å². The third kappa shape index (κ3) is 3.56. The maximum atomic E-state index is 6.32. The third-order valence-corrected chi connectivity index (χ3v) is 6.25. The Morgan fingerprint density at radius 3 is 2.86 bits per heavy atom. The molecule has 3 heterocycles. The summed E-state index contributed by atoms with van der Waals surface area (Å²) in [5, 5.41) is 0. The minimum absolute atomic E-state index is 0.337. The average Bonchev–Trinajstić information content (AvgIpc) is 3.12. The van der Waals surface area contributed by atoms with Gasteiger partial charge in [-0.15, -0.1) is 11.3 Å². The summed E-state index contributed by atoms with van der Waals surface area (Å²) >= 11 is 1.93. The molecule has 0 N–H and O–H groups in total. The molecule has 3 atom stereocenters. The molecule has 2 aliphatic heterocycles. The average molecular weight is 321 g/mol. The first-order chi connectivity index (χ1) is 10.8. The van der Waals surface area contributed by atoms with Crippen LogP contribution in [0.1, 0.15) is 41.9 Å². The molecular weight excluding hydrogens is 294 g/mol. The predicted octanol–water partition coefficient (Wildman–Crippen LogP) is 3.61. The molecule has 3 aliphatic rings. The molecule has 0 amide bonds. The number of nitrogens with zero attached hydrogens (tertiary/aromatic N) is 1. The van der Waals surface area contributed by atoms with E-state index in [1.807, 2.05) is 11.3 Å². The smallest absolute Gasteiger partial charge is 0.0813 e. The van der Waals surface area contributed by atoms with Crippen LogP contribution in [-0.2, 0) is 16.0 Å². The second-order valence-electron chi connectivity index (χ2n) is 7.19. The third-order valence-electron chi connectivity index (χ3n) is 5.26. The molecule has 0 spiro atoms. The fourth-order valence-corrected chi connectivity index (χ4v) is 4.74. The first-order valence-corrected chi connectivity index (χ1v) is 9.62. The van der Waals surface area contributed by atoms with Crippen molar-refractivity contribution in [3.63, 3.8) is 0 Å². The number of hydrogen-bond acceptors (Lipinski definition) is 4.